The third-order valence-corrected chi connectivity index (χ3v) is 10.7. The number of nitriles is 1. The Balaban J connectivity index is 1.19. The molecule has 4 atom stereocenters. The van der Waals surface area contributed by atoms with E-state index in [0.717, 1.165) is 45.3 Å². The van der Waals surface area contributed by atoms with Crippen molar-refractivity contribution in [3.63, 3.8) is 0 Å². The zero-order valence-corrected chi connectivity index (χ0v) is 29.5. The van der Waals surface area contributed by atoms with Crippen LogP contribution < -0.4 is 0 Å². The highest BCUT2D eigenvalue weighted by Gasteiger charge is 2.29. The molecule has 4 unspecified atom stereocenters. The third-order valence-electron chi connectivity index (χ3n) is 10.7. The second kappa shape index (κ2) is 12.9. The molecule has 0 saturated heterocycles. The van der Waals surface area contributed by atoms with Crippen LogP contribution in [-0.2, 0) is 0 Å². The number of nitrogens with zero attached hydrogens (tertiary/aromatic N) is 6. The van der Waals surface area contributed by atoms with Crippen LogP contribution in [0.2, 0.25) is 0 Å². The first kappa shape index (κ1) is 31.8. The molecule has 6 aromatic rings. The van der Waals surface area contributed by atoms with Gasteiger partial charge < -0.3 is 4.57 Å². The zero-order valence-electron chi connectivity index (χ0n) is 29.5. The first-order valence-electron chi connectivity index (χ1n) is 18.2. The molecule has 0 spiro atoms. The molecular weight excluding hydrogens is 637 g/mol. The van der Waals surface area contributed by atoms with Gasteiger partial charge in [-0.3, -0.25) is 4.98 Å². The van der Waals surface area contributed by atoms with E-state index in [1.54, 1.807) is 0 Å². The van der Waals surface area contributed by atoms with Crippen molar-refractivity contribution >= 4 is 49.6 Å². The summed E-state index contributed by atoms with van der Waals surface area (Å²) >= 11 is 0. The first-order chi connectivity index (χ1) is 25.5. The Morgan fingerprint density at radius 3 is 2.29 bits per heavy atom. The second-order valence-corrected chi connectivity index (χ2v) is 14.4. The molecule has 3 aromatic carbocycles. The number of para-hydroxylation sites is 2. The van der Waals surface area contributed by atoms with Gasteiger partial charge in [0.25, 0.3) is 0 Å². The van der Waals surface area contributed by atoms with Crippen molar-refractivity contribution in [3.8, 4) is 17.5 Å². The molecule has 52 heavy (non-hydrogen) atoms. The van der Waals surface area contributed by atoms with Crippen LogP contribution in [0.1, 0.15) is 56.9 Å². The van der Waals surface area contributed by atoms with Gasteiger partial charge in [0.1, 0.15) is 0 Å². The first-order valence-corrected chi connectivity index (χ1v) is 18.2. The van der Waals surface area contributed by atoms with Crippen LogP contribution in [-0.4, -0.2) is 24.5 Å². The van der Waals surface area contributed by atoms with Crippen LogP contribution in [0, 0.1) is 29.1 Å². The molecule has 6 nitrogen and oxygen atoms in total. The van der Waals surface area contributed by atoms with E-state index in [9.17, 15) is 5.26 Å². The van der Waals surface area contributed by atoms with E-state index in [4.69, 9.17) is 19.9 Å². The Kier molecular flexibility index (Phi) is 7.85. The van der Waals surface area contributed by atoms with Crippen molar-refractivity contribution in [2.24, 2.45) is 17.8 Å². The number of fused-ring (bicyclic) bond motifs is 5. The van der Waals surface area contributed by atoms with Crippen LogP contribution in [0.25, 0.3) is 60.9 Å². The number of benzene rings is 3. The molecule has 0 bridgehead atoms. The summed E-state index contributed by atoms with van der Waals surface area (Å²) in [6.45, 7) is 6.63. The lowest BCUT2D eigenvalue weighted by molar-refractivity contribution is 0.628. The van der Waals surface area contributed by atoms with Crippen molar-refractivity contribution in [1.82, 2.24) is 24.5 Å². The molecule has 3 aromatic heterocycles. The average Bonchev–Trinajstić information content (AvgIpc) is 3.53. The van der Waals surface area contributed by atoms with E-state index in [1.165, 1.54) is 27.5 Å². The second-order valence-electron chi connectivity index (χ2n) is 14.4. The molecule has 3 aliphatic carbocycles. The van der Waals surface area contributed by atoms with E-state index < -0.39 is 0 Å². The van der Waals surface area contributed by atoms with Crippen molar-refractivity contribution in [3.05, 3.63) is 150 Å². The summed E-state index contributed by atoms with van der Waals surface area (Å²) in [6.07, 6.45) is 19.4. The summed E-state index contributed by atoms with van der Waals surface area (Å²) in [5, 5.41) is 13.1. The van der Waals surface area contributed by atoms with Crippen molar-refractivity contribution in [1.29, 1.82) is 5.26 Å². The molecule has 0 aliphatic heterocycles. The van der Waals surface area contributed by atoms with Gasteiger partial charge in [-0.1, -0.05) is 124 Å². The van der Waals surface area contributed by atoms with Gasteiger partial charge >= 0.3 is 0 Å². The fourth-order valence-electron chi connectivity index (χ4n) is 8.04. The van der Waals surface area contributed by atoms with Crippen LogP contribution in [0.5, 0.6) is 0 Å². The molecule has 6 heteroatoms. The SMILES string of the molecule is CC1C=C(n2c3ccccc3c3c(C4C=CC(c5nc(C6=CC=C(C#N)C(C)C6)nc(-c6ccccc6)n5)=CC4C)nc4ccccc4c32)C=CC1. The number of allylic oxidation sites excluding steroid dienone is 12. The minimum Gasteiger partial charge on any atom is -0.309 e. The van der Waals surface area contributed by atoms with Crippen LogP contribution in [0.3, 0.4) is 0 Å². The molecule has 0 N–H and O–H groups in total. The predicted octanol–water partition coefficient (Wildman–Crippen LogP) is 10.9. The summed E-state index contributed by atoms with van der Waals surface area (Å²) in [6, 6.07) is 29.7. The summed E-state index contributed by atoms with van der Waals surface area (Å²) in [4.78, 5) is 20.5. The van der Waals surface area contributed by atoms with Gasteiger partial charge in [0, 0.05) is 44.5 Å². The lowest BCUT2D eigenvalue weighted by Crippen LogP contribution is -2.14. The number of hydrogen-bond acceptors (Lipinski definition) is 5. The van der Waals surface area contributed by atoms with Gasteiger partial charge in [-0.05, 0) is 60.5 Å². The summed E-state index contributed by atoms with van der Waals surface area (Å²) in [7, 11) is 0. The molecule has 3 aliphatic rings. The molecule has 0 saturated carbocycles. The Bertz CT molecular complexity index is 2640. The monoisotopic (exact) mass is 674 g/mol. The molecule has 0 radical (unpaired) electrons. The molecular formula is C46H38N6. The van der Waals surface area contributed by atoms with Gasteiger partial charge in [-0.2, -0.15) is 5.26 Å². The summed E-state index contributed by atoms with van der Waals surface area (Å²) in [5.74, 6) is 2.66. The minimum atomic E-state index is 0.0382. The maximum absolute atomic E-state index is 9.57. The number of aromatic nitrogens is 5. The molecule has 252 valence electrons. The predicted molar refractivity (Wildman–Crippen MR) is 212 cm³/mol. The van der Waals surface area contributed by atoms with Crippen LogP contribution in [0.15, 0.2) is 133 Å². The maximum atomic E-state index is 9.57. The highest BCUT2D eigenvalue weighted by Crippen LogP contribution is 2.44. The lowest BCUT2D eigenvalue weighted by Gasteiger charge is -2.24. The van der Waals surface area contributed by atoms with Crippen LogP contribution >= 0.6 is 0 Å². The van der Waals surface area contributed by atoms with E-state index in [-0.39, 0.29) is 17.8 Å². The topological polar surface area (TPSA) is 80.3 Å². The quantitative estimate of drug-likeness (QED) is 0.182. The van der Waals surface area contributed by atoms with Crippen LogP contribution in [0.4, 0.5) is 0 Å². The van der Waals surface area contributed by atoms with E-state index in [0.29, 0.717) is 29.8 Å². The summed E-state index contributed by atoms with van der Waals surface area (Å²) < 4.78 is 2.45. The van der Waals surface area contributed by atoms with Crippen molar-refractivity contribution < 1.29 is 0 Å². The van der Waals surface area contributed by atoms with Crippen molar-refractivity contribution in [2.75, 3.05) is 0 Å². The standard InChI is InChI=1S/C46H38N6/c1-28-12-11-15-35(24-28)52-40-19-10-8-17-38(40)41-42(48-39-18-9-7-16-37(39)43(41)52)36-23-22-33(26-30(36)3)46-50-44(31-13-5-4-6-14-31)49-45(51-46)32-20-21-34(27-47)29(2)25-32/h4-11,13-24,26,28-30,36H,12,25H2,1-3H3. The summed E-state index contributed by atoms with van der Waals surface area (Å²) in [5.41, 5.74) is 9.38. The molecule has 3 heterocycles. The van der Waals surface area contributed by atoms with E-state index >= 15 is 0 Å². The fourth-order valence-corrected chi connectivity index (χ4v) is 8.04. The number of pyridine rings is 1. The highest BCUT2D eigenvalue weighted by atomic mass is 15.0. The smallest absolute Gasteiger partial charge is 0.164 e. The molecule has 9 rings (SSSR count). The average molecular weight is 675 g/mol. The molecule has 0 amide bonds. The minimum absolute atomic E-state index is 0.0382. The third kappa shape index (κ3) is 5.41. The lowest BCUT2D eigenvalue weighted by atomic mass is 9.82. The van der Waals surface area contributed by atoms with Gasteiger partial charge in [-0.25, -0.2) is 15.0 Å². The van der Waals surface area contributed by atoms with E-state index in [2.05, 4.69) is 116 Å². The number of rotatable bonds is 5. The van der Waals surface area contributed by atoms with Crippen molar-refractivity contribution in [2.45, 2.75) is 39.5 Å². The maximum Gasteiger partial charge on any atom is 0.164 e. The normalized spacial score (nSPS) is 21.5. The molecule has 0 fully saturated rings. The largest absolute Gasteiger partial charge is 0.309 e. The Hall–Kier alpha value is -6.19. The fraction of sp³-hybridized carbons (Fsp3) is 0.196. The Labute approximate surface area is 303 Å². The van der Waals surface area contributed by atoms with Gasteiger partial charge in [0.2, 0.25) is 0 Å². The Morgan fingerprint density at radius 1 is 0.750 bits per heavy atom. The Morgan fingerprint density at radius 2 is 1.50 bits per heavy atom. The van der Waals surface area contributed by atoms with Gasteiger partial charge in [0.15, 0.2) is 17.5 Å². The van der Waals surface area contributed by atoms with E-state index in [1.807, 2.05) is 42.5 Å². The number of hydrogen-bond donors (Lipinski definition) is 0. The van der Waals surface area contributed by atoms with Gasteiger partial charge in [-0.15, -0.1) is 0 Å². The zero-order chi connectivity index (χ0) is 35.3. The highest BCUT2D eigenvalue weighted by molar-refractivity contribution is 6.19. The van der Waals surface area contributed by atoms with Gasteiger partial charge in [0.05, 0.1) is 28.3 Å².